The van der Waals surface area contributed by atoms with Crippen LogP contribution in [0, 0.1) is 17.2 Å². The zero-order chi connectivity index (χ0) is 14.4. The van der Waals surface area contributed by atoms with Gasteiger partial charge in [-0.1, -0.05) is 6.07 Å². The topological polar surface area (TPSA) is 48.3 Å². The van der Waals surface area contributed by atoms with Gasteiger partial charge in [0.2, 0.25) is 0 Å². The van der Waals surface area contributed by atoms with Gasteiger partial charge in [-0.3, -0.25) is 4.90 Å². The minimum atomic E-state index is 0.619. The Morgan fingerprint density at radius 2 is 2.35 bits per heavy atom. The molecule has 1 unspecified atom stereocenters. The van der Waals surface area contributed by atoms with Crippen LogP contribution in [0.15, 0.2) is 18.2 Å². The molecular formula is C16H23N3O. The van der Waals surface area contributed by atoms with Gasteiger partial charge in [-0.25, -0.2) is 0 Å². The van der Waals surface area contributed by atoms with Crippen LogP contribution >= 0.6 is 0 Å². The Morgan fingerprint density at radius 1 is 1.50 bits per heavy atom. The molecule has 0 bridgehead atoms. The molecule has 4 nitrogen and oxygen atoms in total. The van der Waals surface area contributed by atoms with Crippen molar-refractivity contribution in [1.82, 2.24) is 10.2 Å². The third-order valence-corrected chi connectivity index (χ3v) is 3.89. The third-order valence-electron chi connectivity index (χ3n) is 3.89. The van der Waals surface area contributed by atoms with E-state index in [4.69, 9.17) is 10.00 Å². The molecule has 1 atom stereocenters. The summed E-state index contributed by atoms with van der Waals surface area (Å²) in [6, 6.07) is 8.09. The molecule has 0 aliphatic carbocycles. The lowest BCUT2D eigenvalue weighted by atomic mass is 9.97. The standard InChI is InChI=1S/C16H23N3O/c1-18-10-14-4-3-7-19(12-14)11-13-5-6-16(20-2)15(8-13)9-17/h5-6,8,14,18H,3-4,7,10-12H2,1-2H3. The van der Waals surface area contributed by atoms with E-state index >= 15 is 0 Å². The first-order chi connectivity index (χ1) is 9.76. The summed E-state index contributed by atoms with van der Waals surface area (Å²) in [5.41, 5.74) is 1.81. The molecule has 0 saturated carbocycles. The van der Waals surface area contributed by atoms with Crippen LogP contribution in [0.1, 0.15) is 24.0 Å². The van der Waals surface area contributed by atoms with E-state index in [1.165, 1.54) is 18.4 Å². The number of nitrogens with one attached hydrogen (secondary N) is 1. The Hall–Kier alpha value is -1.57. The van der Waals surface area contributed by atoms with Crippen molar-refractivity contribution >= 4 is 0 Å². The summed E-state index contributed by atoms with van der Waals surface area (Å²) in [5, 5.41) is 12.4. The number of hydrogen-bond acceptors (Lipinski definition) is 4. The van der Waals surface area contributed by atoms with Gasteiger partial charge in [0.1, 0.15) is 11.8 Å². The van der Waals surface area contributed by atoms with Crippen molar-refractivity contribution in [3.63, 3.8) is 0 Å². The maximum Gasteiger partial charge on any atom is 0.136 e. The Balaban J connectivity index is 2.01. The first-order valence-electron chi connectivity index (χ1n) is 7.20. The normalized spacial score (nSPS) is 19.6. The molecule has 0 amide bonds. The van der Waals surface area contributed by atoms with Crippen LogP contribution in [-0.4, -0.2) is 38.7 Å². The average molecular weight is 273 g/mol. The number of methoxy groups -OCH3 is 1. The van der Waals surface area contributed by atoms with Crippen LogP contribution in [0.2, 0.25) is 0 Å². The Kier molecular flexibility index (Phi) is 5.40. The lowest BCUT2D eigenvalue weighted by Crippen LogP contribution is -2.38. The molecule has 1 fully saturated rings. The van der Waals surface area contributed by atoms with E-state index in [-0.39, 0.29) is 0 Å². The summed E-state index contributed by atoms with van der Waals surface area (Å²) in [6.07, 6.45) is 2.57. The number of nitriles is 1. The van der Waals surface area contributed by atoms with Crippen LogP contribution in [0.4, 0.5) is 0 Å². The second-order valence-corrected chi connectivity index (χ2v) is 5.45. The fourth-order valence-electron chi connectivity index (χ4n) is 2.95. The molecule has 1 heterocycles. The predicted molar refractivity (Wildman–Crippen MR) is 79.6 cm³/mol. The lowest BCUT2D eigenvalue weighted by Gasteiger charge is -2.32. The quantitative estimate of drug-likeness (QED) is 0.891. The molecule has 1 aromatic rings. The van der Waals surface area contributed by atoms with Crippen molar-refractivity contribution in [3.8, 4) is 11.8 Å². The number of rotatable bonds is 5. The molecule has 0 radical (unpaired) electrons. The Bertz CT molecular complexity index is 479. The van der Waals surface area contributed by atoms with Gasteiger partial charge in [-0.2, -0.15) is 5.26 Å². The van der Waals surface area contributed by atoms with Gasteiger partial charge >= 0.3 is 0 Å². The van der Waals surface area contributed by atoms with Gasteiger partial charge in [0.15, 0.2) is 0 Å². The molecule has 1 aliphatic rings. The highest BCUT2D eigenvalue weighted by Gasteiger charge is 2.19. The maximum absolute atomic E-state index is 9.14. The molecule has 1 N–H and O–H groups in total. The Morgan fingerprint density at radius 3 is 3.05 bits per heavy atom. The summed E-state index contributed by atoms with van der Waals surface area (Å²) >= 11 is 0. The number of hydrogen-bond donors (Lipinski definition) is 1. The first kappa shape index (κ1) is 14.8. The van der Waals surface area contributed by atoms with E-state index in [2.05, 4.69) is 22.4 Å². The Labute approximate surface area is 121 Å². The van der Waals surface area contributed by atoms with Crippen LogP contribution < -0.4 is 10.1 Å². The van der Waals surface area contributed by atoms with Crippen LogP contribution in [0.5, 0.6) is 5.75 Å². The summed E-state index contributed by atoms with van der Waals surface area (Å²) in [4.78, 5) is 2.48. The largest absolute Gasteiger partial charge is 0.495 e. The number of likely N-dealkylation sites (tertiary alicyclic amines) is 1. The fourth-order valence-corrected chi connectivity index (χ4v) is 2.95. The monoisotopic (exact) mass is 273 g/mol. The molecule has 2 rings (SSSR count). The highest BCUT2D eigenvalue weighted by atomic mass is 16.5. The summed E-state index contributed by atoms with van der Waals surface area (Å²) in [5.74, 6) is 1.39. The van der Waals surface area contributed by atoms with E-state index in [1.807, 2.05) is 19.2 Å². The highest BCUT2D eigenvalue weighted by molar-refractivity contribution is 5.45. The number of piperidine rings is 1. The van der Waals surface area contributed by atoms with E-state index in [0.717, 1.165) is 32.1 Å². The molecule has 1 aromatic carbocycles. The van der Waals surface area contributed by atoms with Gasteiger partial charge in [0.25, 0.3) is 0 Å². The van der Waals surface area contributed by atoms with Crippen LogP contribution in [0.3, 0.4) is 0 Å². The van der Waals surface area contributed by atoms with Crippen molar-refractivity contribution in [2.24, 2.45) is 5.92 Å². The van der Waals surface area contributed by atoms with Crippen molar-refractivity contribution in [2.45, 2.75) is 19.4 Å². The van der Waals surface area contributed by atoms with E-state index in [0.29, 0.717) is 11.3 Å². The van der Waals surface area contributed by atoms with Gasteiger partial charge in [0, 0.05) is 13.1 Å². The zero-order valence-corrected chi connectivity index (χ0v) is 12.4. The fraction of sp³-hybridized carbons (Fsp3) is 0.562. The number of ether oxygens (including phenoxy) is 1. The smallest absolute Gasteiger partial charge is 0.136 e. The molecule has 1 aliphatic heterocycles. The van der Waals surface area contributed by atoms with Crippen molar-refractivity contribution in [1.29, 1.82) is 5.26 Å². The highest BCUT2D eigenvalue weighted by Crippen LogP contribution is 2.22. The number of nitrogens with zero attached hydrogens (tertiary/aromatic N) is 2. The molecule has 20 heavy (non-hydrogen) atoms. The van der Waals surface area contributed by atoms with Crippen LogP contribution in [0.25, 0.3) is 0 Å². The van der Waals surface area contributed by atoms with E-state index in [1.54, 1.807) is 7.11 Å². The molecule has 4 heteroatoms. The van der Waals surface area contributed by atoms with Crippen molar-refractivity contribution < 1.29 is 4.74 Å². The van der Waals surface area contributed by atoms with Crippen molar-refractivity contribution in [3.05, 3.63) is 29.3 Å². The second-order valence-electron chi connectivity index (χ2n) is 5.45. The maximum atomic E-state index is 9.14. The SMILES string of the molecule is CNCC1CCCN(Cc2ccc(OC)c(C#N)c2)C1. The molecule has 0 spiro atoms. The van der Waals surface area contributed by atoms with Gasteiger partial charge in [0.05, 0.1) is 12.7 Å². The third kappa shape index (κ3) is 3.72. The predicted octanol–water partition coefficient (Wildman–Crippen LogP) is 2.00. The summed E-state index contributed by atoms with van der Waals surface area (Å²) in [6.45, 7) is 4.28. The minimum Gasteiger partial charge on any atom is -0.495 e. The van der Waals surface area contributed by atoms with Crippen molar-refractivity contribution in [2.75, 3.05) is 33.8 Å². The molecule has 1 saturated heterocycles. The summed E-state index contributed by atoms with van der Waals surface area (Å²) in [7, 11) is 3.62. The molecule has 108 valence electrons. The minimum absolute atomic E-state index is 0.619. The first-order valence-corrected chi connectivity index (χ1v) is 7.20. The second kappa shape index (κ2) is 7.28. The van der Waals surface area contributed by atoms with Gasteiger partial charge < -0.3 is 10.1 Å². The zero-order valence-electron chi connectivity index (χ0n) is 12.4. The van der Waals surface area contributed by atoms with Gasteiger partial charge in [-0.15, -0.1) is 0 Å². The summed E-state index contributed by atoms with van der Waals surface area (Å²) < 4.78 is 5.19. The van der Waals surface area contributed by atoms with E-state index in [9.17, 15) is 0 Å². The van der Waals surface area contributed by atoms with Gasteiger partial charge in [-0.05, 0) is 56.6 Å². The average Bonchev–Trinajstić information content (AvgIpc) is 2.48. The molecule has 0 aromatic heterocycles. The van der Waals surface area contributed by atoms with E-state index < -0.39 is 0 Å². The number of benzene rings is 1. The van der Waals surface area contributed by atoms with Crippen LogP contribution in [-0.2, 0) is 6.54 Å². The lowest BCUT2D eigenvalue weighted by molar-refractivity contribution is 0.167. The molecular weight excluding hydrogens is 250 g/mol.